The molecule has 8 heteroatoms. The SMILES string of the molecule is C[C@H]1CN(C(=O)CN2CCCC[C@@H]2CNS(C)(=O)=O)CCO1. The van der Waals surface area contributed by atoms with Gasteiger partial charge in [-0.1, -0.05) is 6.42 Å². The second-order valence-corrected chi connectivity index (χ2v) is 8.09. The van der Waals surface area contributed by atoms with Crippen LogP contribution in [-0.4, -0.2) is 81.9 Å². The molecule has 7 nitrogen and oxygen atoms in total. The third-order valence-corrected chi connectivity index (χ3v) is 4.95. The highest BCUT2D eigenvalue weighted by molar-refractivity contribution is 7.88. The Morgan fingerprint density at radius 2 is 2.09 bits per heavy atom. The Kier molecular flexibility index (Phi) is 6.19. The van der Waals surface area contributed by atoms with Gasteiger partial charge in [-0.15, -0.1) is 0 Å². The standard InChI is InChI=1S/C14H27N3O4S/c1-12-10-17(7-8-21-12)14(18)11-16-6-4-3-5-13(16)9-15-22(2,19)20/h12-13,15H,3-11H2,1-2H3/t12-,13+/m0/s1. The number of amides is 1. The number of ether oxygens (including phenoxy) is 1. The maximum absolute atomic E-state index is 12.4. The van der Waals surface area contributed by atoms with Crippen molar-refractivity contribution < 1.29 is 17.9 Å². The Bertz CT molecular complexity index is 482. The molecule has 0 aromatic carbocycles. The van der Waals surface area contributed by atoms with E-state index in [2.05, 4.69) is 9.62 Å². The van der Waals surface area contributed by atoms with E-state index in [4.69, 9.17) is 4.74 Å². The summed E-state index contributed by atoms with van der Waals surface area (Å²) in [6, 6.07) is 0.103. The first-order valence-electron chi connectivity index (χ1n) is 7.93. The van der Waals surface area contributed by atoms with E-state index < -0.39 is 10.0 Å². The van der Waals surface area contributed by atoms with E-state index in [1.807, 2.05) is 11.8 Å². The van der Waals surface area contributed by atoms with Gasteiger partial charge in [0, 0.05) is 25.7 Å². The lowest BCUT2D eigenvalue weighted by molar-refractivity contribution is -0.140. The van der Waals surface area contributed by atoms with E-state index in [0.717, 1.165) is 25.8 Å². The second-order valence-electron chi connectivity index (χ2n) is 6.26. The lowest BCUT2D eigenvalue weighted by Crippen LogP contribution is -2.53. The summed E-state index contributed by atoms with van der Waals surface area (Å²) in [5.74, 6) is 0.112. The molecule has 2 saturated heterocycles. The fraction of sp³-hybridized carbons (Fsp3) is 0.929. The molecule has 1 N–H and O–H groups in total. The zero-order valence-electron chi connectivity index (χ0n) is 13.5. The Morgan fingerprint density at radius 3 is 2.77 bits per heavy atom. The zero-order chi connectivity index (χ0) is 16.2. The first-order chi connectivity index (χ1) is 10.3. The molecule has 0 saturated carbocycles. The molecule has 2 rings (SSSR count). The van der Waals surface area contributed by atoms with Gasteiger partial charge < -0.3 is 9.64 Å². The fourth-order valence-electron chi connectivity index (χ4n) is 3.07. The first kappa shape index (κ1) is 17.7. The molecule has 0 bridgehead atoms. The van der Waals surface area contributed by atoms with Crippen molar-refractivity contribution in [2.24, 2.45) is 0 Å². The van der Waals surface area contributed by atoms with Gasteiger partial charge >= 0.3 is 0 Å². The predicted octanol–water partition coefficient (Wildman–Crippen LogP) is -0.363. The van der Waals surface area contributed by atoms with Crippen LogP contribution in [0.15, 0.2) is 0 Å². The van der Waals surface area contributed by atoms with Crippen LogP contribution in [0.3, 0.4) is 0 Å². The number of morpholine rings is 1. The molecule has 2 atom stereocenters. The van der Waals surface area contributed by atoms with E-state index in [9.17, 15) is 13.2 Å². The number of piperidine rings is 1. The Labute approximate surface area is 133 Å². The van der Waals surface area contributed by atoms with Crippen molar-refractivity contribution in [2.45, 2.75) is 38.3 Å². The minimum absolute atomic E-state index is 0.0850. The number of carbonyl (C=O) groups is 1. The fourth-order valence-corrected chi connectivity index (χ4v) is 3.56. The van der Waals surface area contributed by atoms with Gasteiger partial charge in [0.25, 0.3) is 0 Å². The summed E-state index contributed by atoms with van der Waals surface area (Å²) in [5, 5.41) is 0. The van der Waals surface area contributed by atoms with E-state index in [0.29, 0.717) is 32.8 Å². The first-order valence-corrected chi connectivity index (χ1v) is 9.82. The van der Waals surface area contributed by atoms with Crippen LogP contribution in [0.25, 0.3) is 0 Å². The molecule has 128 valence electrons. The van der Waals surface area contributed by atoms with E-state index in [1.165, 1.54) is 6.26 Å². The maximum atomic E-state index is 12.4. The van der Waals surface area contributed by atoms with Gasteiger partial charge in [-0.05, 0) is 26.3 Å². The molecular formula is C14H27N3O4S. The van der Waals surface area contributed by atoms with Crippen LogP contribution < -0.4 is 4.72 Å². The van der Waals surface area contributed by atoms with E-state index >= 15 is 0 Å². The summed E-state index contributed by atoms with van der Waals surface area (Å²) in [6.07, 6.45) is 4.31. The second kappa shape index (κ2) is 7.72. The van der Waals surface area contributed by atoms with Crippen LogP contribution >= 0.6 is 0 Å². The summed E-state index contributed by atoms with van der Waals surface area (Å²) in [7, 11) is -3.19. The van der Waals surface area contributed by atoms with Crippen LogP contribution in [0.1, 0.15) is 26.2 Å². The summed E-state index contributed by atoms with van der Waals surface area (Å²) in [4.78, 5) is 16.4. The van der Waals surface area contributed by atoms with Gasteiger partial charge in [-0.25, -0.2) is 13.1 Å². The number of hydrogen-bond donors (Lipinski definition) is 1. The molecule has 2 heterocycles. The third-order valence-electron chi connectivity index (χ3n) is 4.26. The maximum Gasteiger partial charge on any atom is 0.236 e. The summed E-state index contributed by atoms with van der Waals surface area (Å²) >= 11 is 0. The molecule has 22 heavy (non-hydrogen) atoms. The summed E-state index contributed by atoms with van der Waals surface area (Å²) < 4.78 is 30.6. The minimum atomic E-state index is -3.19. The van der Waals surface area contributed by atoms with E-state index in [-0.39, 0.29) is 18.1 Å². The van der Waals surface area contributed by atoms with Gasteiger partial charge in [-0.3, -0.25) is 9.69 Å². The summed E-state index contributed by atoms with van der Waals surface area (Å²) in [6.45, 7) is 5.43. The van der Waals surface area contributed by atoms with Gasteiger partial charge in [0.1, 0.15) is 0 Å². The van der Waals surface area contributed by atoms with E-state index in [1.54, 1.807) is 0 Å². The zero-order valence-corrected chi connectivity index (χ0v) is 14.3. The number of sulfonamides is 1. The van der Waals surface area contributed by atoms with Gasteiger partial charge in [0.15, 0.2) is 0 Å². The number of nitrogens with one attached hydrogen (secondary N) is 1. The molecular weight excluding hydrogens is 306 g/mol. The van der Waals surface area contributed by atoms with Gasteiger partial charge in [0.05, 0.1) is 25.5 Å². The lowest BCUT2D eigenvalue weighted by atomic mass is 10.0. The third kappa shape index (κ3) is 5.49. The number of hydrogen-bond acceptors (Lipinski definition) is 5. The van der Waals surface area contributed by atoms with Crippen LogP contribution in [0.4, 0.5) is 0 Å². The molecule has 2 aliphatic heterocycles. The molecule has 2 aliphatic rings. The molecule has 0 aromatic heterocycles. The Morgan fingerprint density at radius 1 is 1.32 bits per heavy atom. The summed E-state index contributed by atoms with van der Waals surface area (Å²) in [5.41, 5.74) is 0. The van der Waals surface area contributed by atoms with Crippen molar-refractivity contribution in [1.29, 1.82) is 0 Å². The van der Waals surface area contributed by atoms with Crippen LogP contribution in [-0.2, 0) is 19.6 Å². The van der Waals surface area contributed by atoms with Crippen LogP contribution in [0, 0.1) is 0 Å². The van der Waals surface area contributed by atoms with Crippen molar-refractivity contribution in [2.75, 3.05) is 45.6 Å². The minimum Gasteiger partial charge on any atom is -0.375 e. The topological polar surface area (TPSA) is 79.0 Å². The largest absolute Gasteiger partial charge is 0.375 e. The highest BCUT2D eigenvalue weighted by Gasteiger charge is 2.28. The predicted molar refractivity (Wildman–Crippen MR) is 84.1 cm³/mol. The highest BCUT2D eigenvalue weighted by atomic mass is 32.2. The highest BCUT2D eigenvalue weighted by Crippen LogP contribution is 2.17. The molecule has 0 spiro atoms. The smallest absolute Gasteiger partial charge is 0.236 e. The Hall–Kier alpha value is -0.700. The molecule has 0 aromatic rings. The average molecular weight is 333 g/mol. The molecule has 0 unspecified atom stereocenters. The Balaban J connectivity index is 1.88. The molecule has 1 amide bonds. The number of carbonyl (C=O) groups excluding carboxylic acids is 1. The number of nitrogens with zero attached hydrogens (tertiary/aromatic N) is 2. The van der Waals surface area contributed by atoms with Crippen LogP contribution in [0.2, 0.25) is 0 Å². The molecule has 0 radical (unpaired) electrons. The van der Waals surface area contributed by atoms with Gasteiger partial charge in [0.2, 0.25) is 15.9 Å². The number of likely N-dealkylation sites (tertiary alicyclic amines) is 1. The monoisotopic (exact) mass is 333 g/mol. The van der Waals surface area contributed by atoms with Crippen molar-refractivity contribution in [3.05, 3.63) is 0 Å². The normalized spacial score (nSPS) is 27.8. The number of rotatable bonds is 5. The quantitative estimate of drug-likeness (QED) is 0.743. The van der Waals surface area contributed by atoms with Gasteiger partial charge in [-0.2, -0.15) is 0 Å². The molecule has 0 aliphatic carbocycles. The average Bonchev–Trinajstić information content (AvgIpc) is 2.45. The van der Waals surface area contributed by atoms with Crippen molar-refractivity contribution in [3.8, 4) is 0 Å². The van der Waals surface area contributed by atoms with Crippen molar-refractivity contribution >= 4 is 15.9 Å². The van der Waals surface area contributed by atoms with Crippen molar-refractivity contribution in [3.63, 3.8) is 0 Å². The lowest BCUT2D eigenvalue weighted by Gasteiger charge is -2.38. The van der Waals surface area contributed by atoms with Crippen LogP contribution in [0.5, 0.6) is 0 Å². The van der Waals surface area contributed by atoms with Crippen molar-refractivity contribution in [1.82, 2.24) is 14.5 Å². The molecule has 2 fully saturated rings.